The average Bonchev–Trinajstić information content (AvgIpc) is 2.27. The maximum atomic E-state index is 12.2. The van der Waals surface area contributed by atoms with Crippen molar-refractivity contribution in [3.63, 3.8) is 0 Å². The van der Waals surface area contributed by atoms with Gasteiger partial charge in [-0.2, -0.15) is 4.31 Å². The summed E-state index contributed by atoms with van der Waals surface area (Å²) in [4.78, 5) is 12.2. The minimum absolute atomic E-state index is 0.258. The van der Waals surface area contributed by atoms with E-state index < -0.39 is 21.5 Å². The van der Waals surface area contributed by atoms with E-state index in [2.05, 4.69) is 5.32 Å². The van der Waals surface area contributed by atoms with Crippen molar-refractivity contribution < 1.29 is 13.2 Å². The zero-order valence-corrected chi connectivity index (χ0v) is 15.4. The van der Waals surface area contributed by atoms with Crippen LogP contribution < -0.4 is 5.32 Å². The third-order valence-corrected chi connectivity index (χ3v) is 4.91. The summed E-state index contributed by atoms with van der Waals surface area (Å²) >= 11 is 6.15. The van der Waals surface area contributed by atoms with Gasteiger partial charge in [0, 0.05) is 5.54 Å². The number of carbonyl (C=O) groups is 1. The Morgan fingerprint density at radius 1 is 1.27 bits per heavy atom. The summed E-state index contributed by atoms with van der Waals surface area (Å²) in [5.74, 6) is -0.422. The normalized spacial score (nSPS) is 12.5. The second kappa shape index (κ2) is 6.56. The lowest BCUT2D eigenvalue weighted by Crippen LogP contribution is -2.48. The van der Waals surface area contributed by atoms with Crippen LogP contribution in [-0.2, 0) is 14.8 Å². The highest BCUT2D eigenvalue weighted by Crippen LogP contribution is 2.27. The van der Waals surface area contributed by atoms with E-state index in [9.17, 15) is 13.2 Å². The smallest absolute Gasteiger partial charge is 0.239 e. The van der Waals surface area contributed by atoms with Crippen molar-refractivity contribution >= 4 is 33.2 Å². The Kier molecular flexibility index (Phi) is 5.65. The molecule has 0 aliphatic heterocycles. The van der Waals surface area contributed by atoms with Gasteiger partial charge in [0.05, 0.1) is 23.5 Å². The van der Waals surface area contributed by atoms with Gasteiger partial charge in [-0.05, 0) is 51.8 Å². The quantitative estimate of drug-likeness (QED) is 0.911. The molecule has 22 heavy (non-hydrogen) atoms. The fraction of sp³-hybridized carbons (Fsp3) is 0.533. The lowest BCUT2D eigenvalue weighted by Gasteiger charge is -2.32. The molecule has 0 aromatic heterocycles. The van der Waals surface area contributed by atoms with Gasteiger partial charge in [0.25, 0.3) is 0 Å². The molecule has 0 saturated heterocycles. The topological polar surface area (TPSA) is 66.5 Å². The van der Waals surface area contributed by atoms with Crippen LogP contribution in [0.15, 0.2) is 12.1 Å². The molecule has 0 aliphatic carbocycles. The van der Waals surface area contributed by atoms with E-state index in [0.29, 0.717) is 10.7 Å². The summed E-state index contributed by atoms with van der Waals surface area (Å²) in [6.45, 7) is 8.72. The van der Waals surface area contributed by atoms with Crippen LogP contribution >= 0.6 is 11.6 Å². The molecule has 0 bridgehead atoms. The molecule has 7 heteroatoms. The van der Waals surface area contributed by atoms with Crippen LogP contribution in [0.5, 0.6) is 0 Å². The summed E-state index contributed by atoms with van der Waals surface area (Å²) in [5.41, 5.74) is 1.66. The first-order valence-corrected chi connectivity index (χ1v) is 9.09. The molecule has 1 amide bonds. The molecule has 0 heterocycles. The molecule has 0 unspecified atom stereocenters. The standard InChI is InChI=1S/C15H23ClN2O3S/c1-10-7-11(2)14(12(16)8-10)17-13(19)9-18(15(3,4)5)22(6,20)21/h7-8H,9H2,1-6H3,(H,17,19). The van der Waals surface area contributed by atoms with Crippen molar-refractivity contribution in [1.82, 2.24) is 4.31 Å². The minimum atomic E-state index is -3.50. The van der Waals surface area contributed by atoms with E-state index >= 15 is 0 Å². The molecule has 124 valence electrons. The SMILES string of the molecule is Cc1cc(C)c(NC(=O)CN(C(C)(C)C)S(C)(=O)=O)c(Cl)c1. The maximum Gasteiger partial charge on any atom is 0.239 e. The molecule has 0 radical (unpaired) electrons. The zero-order chi connectivity index (χ0) is 17.3. The van der Waals surface area contributed by atoms with Crippen molar-refractivity contribution in [3.8, 4) is 0 Å². The fourth-order valence-corrected chi connectivity index (χ4v) is 3.95. The van der Waals surface area contributed by atoms with Crippen molar-refractivity contribution in [2.45, 2.75) is 40.2 Å². The van der Waals surface area contributed by atoms with Gasteiger partial charge < -0.3 is 5.32 Å². The number of aryl methyl sites for hydroxylation is 2. The number of nitrogens with one attached hydrogen (secondary N) is 1. The Morgan fingerprint density at radius 3 is 2.23 bits per heavy atom. The molecule has 0 atom stereocenters. The van der Waals surface area contributed by atoms with Crippen LogP contribution in [-0.4, -0.2) is 37.0 Å². The number of rotatable bonds is 4. The molecule has 1 aromatic carbocycles. The first-order chi connectivity index (χ1) is 9.82. The van der Waals surface area contributed by atoms with Crippen molar-refractivity contribution in [3.05, 3.63) is 28.3 Å². The predicted octanol–water partition coefficient (Wildman–Crippen LogP) is 2.96. The monoisotopic (exact) mass is 346 g/mol. The summed E-state index contributed by atoms with van der Waals surface area (Å²) < 4.78 is 24.9. The van der Waals surface area contributed by atoms with E-state index in [1.165, 1.54) is 0 Å². The summed E-state index contributed by atoms with van der Waals surface area (Å²) in [7, 11) is -3.50. The number of halogens is 1. The van der Waals surface area contributed by atoms with Crippen LogP contribution in [0, 0.1) is 13.8 Å². The van der Waals surface area contributed by atoms with Crippen LogP contribution in [0.3, 0.4) is 0 Å². The third-order valence-electron chi connectivity index (χ3n) is 3.13. The van der Waals surface area contributed by atoms with Gasteiger partial charge in [0.15, 0.2) is 0 Å². The van der Waals surface area contributed by atoms with Gasteiger partial charge in [-0.1, -0.05) is 17.7 Å². The van der Waals surface area contributed by atoms with Crippen molar-refractivity contribution in [1.29, 1.82) is 0 Å². The van der Waals surface area contributed by atoms with E-state index in [4.69, 9.17) is 11.6 Å². The van der Waals surface area contributed by atoms with Gasteiger partial charge >= 0.3 is 0 Å². The summed E-state index contributed by atoms with van der Waals surface area (Å²) in [6, 6.07) is 3.65. The first kappa shape index (κ1) is 18.9. The molecule has 0 spiro atoms. The largest absolute Gasteiger partial charge is 0.323 e. The number of hydrogen-bond acceptors (Lipinski definition) is 3. The number of amides is 1. The van der Waals surface area contributed by atoms with Gasteiger partial charge in [-0.15, -0.1) is 0 Å². The van der Waals surface area contributed by atoms with Crippen molar-refractivity contribution in [2.75, 3.05) is 18.1 Å². The van der Waals surface area contributed by atoms with Gasteiger partial charge in [0.1, 0.15) is 0 Å². The van der Waals surface area contributed by atoms with Crippen molar-refractivity contribution in [2.24, 2.45) is 0 Å². The molecular formula is C15H23ClN2O3S. The molecular weight excluding hydrogens is 324 g/mol. The number of benzene rings is 1. The Labute approximate surface area is 137 Å². The van der Waals surface area contributed by atoms with Crippen LogP contribution in [0.2, 0.25) is 5.02 Å². The number of sulfonamides is 1. The second-order valence-corrected chi connectivity index (χ2v) is 8.74. The Hall–Kier alpha value is -1.11. The molecule has 0 fully saturated rings. The lowest BCUT2D eigenvalue weighted by molar-refractivity contribution is -0.117. The summed E-state index contributed by atoms with van der Waals surface area (Å²) in [6.07, 6.45) is 1.09. The number of hydrogen-bond donors (Lipinski definition) is 1. The Bertz CT molecular complexity index is 656. The van der Waals surface area contributed by atoms with Crippen LogP contribution in [0.4, 0.5) is 5.69 Å². The molecule has 1 aromatic rings. The highest BCUT2D eigenvalue weighted by Gasteiger charge is 2.31. The second-order valence-electron chi connectivity index (χ2n) is 6.43. The van der Waals surface area contributed by atoms with Crippen LogP contribution in [0.25, 0.3) is 0 Å². The van der Waals surface area contributed by atoms with Gasteiger partial charge in [0.2, 0.25) is 15.9 Å². The van der Waals surface area contributed by atoms with Crippen LogP contribution in [0.1, 0.15) is 31.9 Å². The number of nitrogens with zero attached hydrogens (tertiary/aromatic N) is 1. The minimum Gasteiger partial charge on any atom is -0.323 e. The highest BCUT2D eigenvalue weighted by atomic mass is 35.5. The highest BCUT2D eigenvalue weighted by molar-refractivity contribution is 7.88. The van der Waals surface area contributed by atoms with E-state index in [1.54, 1.807) is 26.8 Å². The predicted molar refractivity (Wildman–Crippen MR) is 90.9 cm³/mol. The molecule has 5 nitrogen and oxygen atoms in total. The number of carbonyl (C=O) groups excluding carboxylic acids is 1. The van der Waals surface area contributed by atoms with E-state index in [0.717, 1.165) is 21.7 Å². The number of anilines is 1. The van der Waals surface area contributed by atoms with E-state index in [-0.39, 0.29) is 6.54 Å². The Balaban J connectivity index is 3.00. The third kappa shape index (κ3) is 4.97. The fourth-order valence-electron chi connectivity index (χ4n) is 2.24. The van der Waals surface area contributed by atoms with E-state index in [1.807, 2.05) is 19.9 Å². The summed E-state index contributed by atoms with van der Waals surface area (Å²) in [5, 5.41) is 3.14. The van der Waals surface area contributed by atoms with Gasteiger partial charge in [-0.3, -0.25) is 4.79 Å². The molecule has 1 N–H and O–H groups in total. The average molecular weight is 347 g/mol. The molecule has 1 rings (SSSR count). The molecule has 0 saturated carbocycles. The first-order valence-electron chi connectivity index (χ1n) is 6.87. The maximum absolute atomic E-state index is 12.2. The lowest BCUT2D eigenvalue weighted by atomic mass is 10.1. The van der Waals surface area contributed by atoms with Gasteiger partial charge in [-0.25, -0.2) is 8.42 Å². The Morgan fingerprint density at radius 2 is 1.82 bits per heavy atom. The molecule has 0 aliphatic rings. The zero-order valence-electron chi connectivity index (χ0n) is 13.8.